The van der Waals surface area contributed by atoms with E-state index in [0.717, 1.165) is 58.0 Å². The normalized spacial score (nSPS) is 58.4. The monoisotopic (exact) mass is 868 g/mol. The lowest BCUT2D eigenvalue weighted by Crippen LogP contribution is -2.66. The van der Waals surface area contributed by atoms with Gasteiger partial charge in [-0.25, -0.2) is 0 Å². The first-order valence-corrected chi connectivity index (χ1v) is 23.1. The van der Waals surface area contributed by atoms with E-state index in [9.17, 15) is 40.9 Å². The lowest BCUT2D eigenvalue weighted by Gasteiger charge is -2.58. The molecule has 9 rings (SSSR count). The molecule has 1 spiro atoms. The van der Waals surface area contributed by atoms with Gasteiger partial charge in [-0.05, 0) is 113 Å². The third kappa shape index (κ3) is 7.52. The number of aliphatic hydroxyl groups excluding tert-OH is 8. The highest BCUT2D eigenvalue weighted by Crippen LogP contribution is 2.72. The molecule has 5 aliphatic heterocycles. The van der Waals surface area contributed by atoms with Gasteiger partial charge in [-0.1, -0.05) is 32.4 Å². The van der Waals surface area contributed by atoms with E-state index in [-0.39, 0.29) is 22.5 Å². The highest BCUT2D eigenvalue weighted by molar-refractivity contribution is 5.27. The molecule has 8 fully saturated rings. The molecular weight excluding hydrogens is 796 g/mol. The van der Waals surface area contributed by atoms with Gasteiger partial charge in [0, 0.05) is 12.8 Å². The van der Waals surface area contributed by atoms with E-state index >= 15 is 0 Å². The van der Waals surface area contributed by atoms with Gasteiger partial charge in [0.1, 0.15) is 61.0 Å². The molecule has 8 N–H and O–H groups in total. The molecule has 5 heterocycles. The Kier molecular flexibility index (Phi) is 12.2. The van der Waals surface area contributed by atoms with Gasteiger partial charge in [-0.15, -0.1) is 0 Å². The smallest absolute Gasteiger partial charge is 0.187 e. The molecule has 348 valence electrons. The molecular formula is C45H72O16. The minimum atomic E-state index is -1.71. The van der Waals surface area contributed by atoms with Crippen molar-refractivity contribution in [2.45, 2.75) is 215 Å². The minimum absolute atomic E-state index is 0.0217. The van der Waals surface area contributed by atoms with Crippen molar-refractivity contribution in [3.05, 3.63) is 11.6 Å². The summed E-state index contributed by atoms with van der Waals surface area (Å²) in [6, 6.07) is 0. The summed E-state index contributed by atoms with van der Waals surface area (Å²) in [5, 5.41) is 85.9. The van der Waals surface area contributed by atoms with E-state index < -0.39 is 105 Å². The zero-order valence-electron chi connectivity index (χ0n) is 36.5. The fraction of sp³-hybridized carbons (Fsp3) is 0.956. The highest BCUT2D eigenvalue weighted by atomic mass is 16.8. The molecule has 0 aromatic heterocycles. The number of hydrogen-bond donors (Lipinski definition) is 8. The second kappa shape index (κ2) is 16.5. The number of aliphatic hydroxyl groups is 8. The Morgan fingerprint density at radius 3 is 1.95 bits per heavy atom. The molecule has 0 aromatic rings. The van der Waals surface area contributed by atoms with Crippen molar-refractivity contribution in [1.82, 2.24) is 0 Å². The lowest BCUT2D eigenvalue weighted by atomic mass is 9.47. The van der Waals surface area contributed by atoms with Crippen LogP contribution >= 0.6 is 0 Å². The topological polar surface area (TPSA) is 236 Å². The molecule has 16 heteroatoms. The van der Waals surface area contributed by atoms with Crippen molar-refractivity contribution in [3.8, 4) is 0 Å². The zero-order valence-corrected chi connectivity index (χ0v) is 36.5. The predicted molar refractivity (Wildman–Crippen MR) is 213 cm³/mol. The Morgan fingerprint density at radius 2 is 1.33 bits per heavy atom. The Morgan fingerprint density at radius 1 is 0.672 bits per heavy atom. The van der Waals surface area contributed by atoms with E-state index in [1.807, 2.05) is 0 Å². The largest absolute Gasteiger partial charge is 0.394 e. The van der Waals surface area contributed by atoms with Crippen LogP contribution in [0, 0.1) is 40.4 Å². The first-order chi connectivity index (χ1) is 28.8. The molecule has 5 saturated heterocycles. The minimum Gasteiger partial charge on any atom is -0.394 e. The fourth-order valence-electron chi connectivity index (χ4n) is 13.9. The van der Waals surface area contributed by atoms with Gasteiger partial charge < -0.3 is 78.7 Å². The molecule has 3 saturated carbocycles. The van der Waals surface area contributed by atoms with E-state index in [1.54, 1.807) is 0 Å². The van der Waals surface area contributed by atoms with Crippen LogP contribution in [0.1, 0.15) is 106 Å². The summed E-state index contributed by atoms with van der Waals surface area (Å²) in [6.45, 7) is 12.7. The highest BCUT2D eigenvalue weighted by Gasteiger charge is 2.70. The van der Waals surface area contributed by atoms with Gasteiger partial charge in [0.15, 0.2) is 24.7 Å². The maximum atomic E-state index is 12.0. The van der Waals surface area contributed by atoms with Crippen molar-refractivity contribution in [2.75, 3.05) is 13.2 Å². The Balaban J connectivity index is 0.918. The maximum Gasteiger partial charge on any atom is 0.187 e. The average Bonchev–Trinajstić information content (AvgIpc) is 3.64. The second-order valence-electron chi connectivity index (χ2n) is 21.3. The van der Waals surface area contributed by atoms with Gasteiger partial charge in [-0.3, -0.25) is 0 Å². The number of allylic oxidation sites excluding steroid dienone is 1. The molecule has 4 aliphatic carbocycles. The van der Waals surface area contributed by atoms with Crippen LogP contribution in [0.15, 0.2) is 11.6 Å². The van der Waals surface area contributed by atoms with Crippen LogP contribution in [0.5, 0.6) is 0 Å². The lowest BCUT2D eigenvalue weighted by molar-refractivity contribution is -0.388. The van der Waals surface area contributed by atoms with Gasteiger partial charge in [0.05, 0.1) is 37.1 Å². The van der Waals surface area contributed by atoms with Crippen molar-refractivity contribution in [3.63, 3.8) is 0 Å². The van der Waals surface area contributed by atoms with Crippen LogP contribution in [0.4, 0.5) is 0 Å². The molecule has 16 nitrogen and oxygen atoms in total. The van der Waals surface area contributed by atoms with Gasteiger partial charge in [-0.2, -0.15) is 0 Å². The number of ether oxygens (including phenoxy) is 8. The van der Waals surface area contributed by atoms with E-state index in [4.69, 9.17) is 37.9 Å². The van der Waals surface area contributed by atoms with Crippen LogP contribution in [0.25, 0.3) is 0 Å². The molecule has 0 radical (unpaired) electrons. The number of fused-ring (bicyclic) bond motifs is 7. The molecule has 9 aliphatic rings. The second-order valence-corrected chi connectivity index (χ2v) is 21.3. The third-order valence-corrected chi connectivity index (χ3v) is 17.6. The first-order valence-electron chi connectivity index (χ1n) is 23.1. The third-order valence-electron chi connectivity index (χ3n) is 17.6. The Labute approximate surface area is 358 Å². The fourth-order valence-corrected chi connectivity index (χ4v) is 13.9. The van der Waals surface area contributed by atoms with Crippen LogP contribution in [0.3, 0.4) is 0 Å². The van der Waals surface area contributed by atoms with Crippen LogP contribution in [-0.2, 0) is 37.9 Å². The number of hydrogen-bond acceptors (Lipinski definition) is 16. The summed E-state index contributed by atoms with van der Waals surface area (Å²) in [5.41, 5.74) is 1.33. The molecule has 0 bridgehead atoms. The summed E-state index contributed by atoms with van der Waals surface area (Å²) >= 11 is 0. The summed E-state index contributed by atoms with van der Waals surface area (Å²) in [4.78, 5) is 0. The standard InChI is InChI=1S/C45H72O16/c1-20-9-14-45(54-19-20)17-29-43(5)13-11-26-25(27(43)16-44(29,6)61-45)8-7-23-15-24(10-12-42(23,26)4)57-41-38(60-40-35(52)33(50)31(48)22(3)56-40)36(53)37(28(18-46)58-41)59-39-34(51)32(49)30(47)21(2)55-39/h7,20-22,24-41,46-53H,8-19H2,1-6H3. The summed E-state index contributed by atoms with van der Waals surface area (Å²) in [5.74, 6) is 2.23. The van der Waals surface area contributed by atoms with Gasteiger partial charge in [0.25, 0.3) is 0 Å². The molecule has 25 atom stereocenters. The van der Waals surface area contributed by atoms with Crippen LogP contribution in [-0.4, -0.2) is 164 Å². The Bertz CT molecular complexity index is 1610. The summed E-state index contributed by atoms with van der Waals surface area (Å²) < 4.78 is 50.2. The quantitative estimate of drug-likeness (QED) is 0.169. The zero-order chi connectivity index (χ0) is 43.6. The summed E-state index contributed by atoms with van der Waals surface area (Å²) in [7, 11) is 0. The first kappa shape index (κ1) is 45.3. The maximum absolute atomic E-state index is 12.0. The van der Waals surface area contributed by atoms with Crippen LogP contribution < -0.4 is 0 Å². The molecule has 0 aromatic carbocycles. The molecule has 0 amide bonds. The van der Waals surface area contributed by atoms with Gasteiger partial charge >= 0.3 is 0 Å². The van der Waals surface area contributed by atoms with E-state index in [2.05, 4.69) is 33.8 Å². The van der Waals surface area contributed by atoms with Crippen molar-refractivity contribution < 1.29 is 78.7 Å². The SMILES string of the molecule is CC1CCC2(CC3C(C)(CC4C5CC=C6CC(OC7OC(CO)C(OC8OC(C)C(O)C(O)C8O)C(O)C7OC7OC(C)C(O)C(O)C7O)CCC6(C)C5CCC43C)O2)OC1. The van der Waals surface area contributed by atoms with Crippen molar-refractivity contribution in [2.24, 2.45) is 40.4 Å². The number of rotatable bonds is 7. The van der Waals surface area contributed by atoms with Crippen LogP contribution in [0.2, 0.25) is 0 Å². The van der Waals surface area contributed by atoms with E-state index in [1.165, 1.54) is 19.4 Å². The van der Waals surface area contributed by atoms with Crippen molar-refractivity contribution >= 4 is 0 Å². The average molecular weight is 869 g/mol. The Hall–Kier alpha value is -0.900. The predicted octanol–water partition coefficient (Wildman–Crippen LogP) is 1.39. The van der Waals surface area contributed by atoms with Gasteiger partial charge in [0.2, 0.25) is 0 Å². The van der Waals surface area contributed by atoms with E-state index in [0.29, 0.717) is 42.4 Å². The van der Waals surface area contributed by atoms with Crippen molar-refractivity contribution in [1.29, 1.82) is 0 Å². The molecule has 25 unspecified atom stereocenters. The summed E-state index contributed by atoms with van der Waals surface area (Å²) in [6.07, 6.45) is -9.67. The molecule has 61 heavy (non-hydrogen) atoms.